The summed E-state index contributed by atoms with van der Waals surface area (Å²) in [4.78, 5) is 16.3. The molecule has 1 aromatic carbocycles. The van der Waals surface area contributed by atoms with Gasteiger partial charge in [-0.1, -0.05) is 18.2 Å². The van der Waals surface area contributed by atoms with Crippen molar-refractivity contribution in [3.8, 4) is 0 Å². The first kappa shape index (κ1) is 16.8. The molecule has 1 amide bonds. The van der Waals surface area contributed by atoms with Crippen LogP contribution in [0, 0.1) is 0 Å². The summed E-state index contributed by atoms with van der Waals surface area (Å²) in [5.74, 6) is -0.136. The summed E-state index contributed by atoms with van der Waals surface area (Å²) in [6, 6.07) is 7.84. The van der Waals surface area contributed by atoms with Crippen molar-refractivity contribution in [2.75, 3.05) is 11.1 Å². The minimum atomic E-state index is -4.45. The SMILES string of the molecule is CC(C)(C(=O)Nc1ccc(N)nc1)c1cccc(C(F)(F)F)c1. The number of nitrogens with two attached hydrogens (primary N) is 1. The van der Waals surface area contributed by atoms with E-state index in [2.05, 4.69) is 10.3 Å². The predicted molar refractivity (Wildman–Crippen MR) is 81.7 cm³/mol. The van der Waals surface area contributed by atoms with E-state index < -0.39 is 23.1 Å². The van der Waals surface area contributed by atoms with Crippen molar-refractivity contribution in [1.82, 2.24) is 4.98 Å². The van der Waals surface area contributed by atoms with Crippen LogP contribution in [0.15, 0.2) is 42.6 Å². The smallest absolute Gasteiger partial charge is 0.384 e. The molecule has 0 aliphatic rings. The summed E-state index contributed by atoms with van der Waals surface area (Å²) in [5.41, 5.74) is 4.22. The molecule has 2 rings (SSSR count). The molecule has 1 aromatic heterocycles. The number of nitrogens with one attached hydrogen (secondary N) is 1. The number of halogens is 3. The van der Waals surface area contributed by atoms with E-state index >= 15 is 0 Å². The zero-order valence-electron chi connectivity index (χ0n) is 12.6. The maximum absolute atomic E-state index is 12.8. The van der Waals surface area contributed by atoms with Crippen molar-refractivity contribution in [3.63, 3.8) is 0 Å². The third kappa shape index (κ3) is 3.80. The molecule has 0 spiro atoms. The van der Waals surface area contributed by atoms with Crippen LogP contribution in [0.4, 0.5) is 24.7 Å². The van der Waals surface area contributed by atoms with Crippen molar-refractivity contribution in [3.05, 3.63) is 53.7 Å². The van der Waals surface area contributed by atoms with E-state index in [4.69, 9.17) is 5.73 Å². The molecule has 122 valence electrons. The Morgan fingerprint density at radius 1 is 1.13 bits per heavy atom. The highest BCUT2D eigenvalue weighted by Crippen LogP contribution is 2.33. The molecule has 4 nitrogen and oxygen atoms in total. The van der Waals surface area contributed by atoms with Gasteiger partial charge in [-0.25, -0.2) is 4.98 Å². The Hall–Kier alpha value is -2.57. The summed E-state index contributed by atoms with van der Waals surface area (Å²) < 4.78 is 38.5. The maximum atomic E-state index is 12.8. The van der Waals surface area contributed by atoms with Crippen LogP contribution in [0.5, 0.6) is 0 Å². The molecule has 2 aromatic rings. The number of anilines is 2. The molecule has 0 atom stereocenters. The van der Waals surface area contributed by atoms with Crippen LogP contribution >= 0.6 is 0 Å². The van der Waals surface area contributed by atoms with Gasteiger partial charge in [0.25, 0.3) is 0 Å². The number of benzene rings is 1. The molecule has 0 unspecified atom stereocenters. The number of nitrogens with zero attached hydrogens (tertiary/aromatic N) is 1. The minimum Gasteiger partial charge on any atom is -0.384 e. The van der Waals surface area contributed by atoms with Gasteiger partial charge in [0.1, 0.15) is 5.82 Å². The summed E-state index contributed by atoms with van der Waals surface area (Å²) in [7, 11) is 0. The number of nitrogen functional groups attached to an aromatic ring is 1. The molecule has 3 N–H and O–H groups in total. The standard InChI is InChI=1S/C16H16F3N3O/c1-15(2,10-4-3-5-11(8-10)16(17,18)19)14(23)22-12-6-7-13(20)21-9-12/h3-9H,1-2H3,(H2,20,21)(H,22,23). The van der Waals surface area contributed by atoms with Gasteiger partial charge in [0, 0.05) is 0 Å². The number of carbonyl (C=O) groups excluding carboxylic acids is 1. The maximum Gasteiger partial charge on any atom is 0.416 e. The van der Waals surface area contributed by atoms with Gasteiger partial charge in [0.2, 0.25) is 5.91 Å². The van der Waals surface area contributed by atoms with Gasteiger partial charge in [-0.3, -0.25) is 4.79 Å². The van der Waals surface area contributed by atoms with E-state index in [-0.39, 0.29) is 5.56 Å². The van der Waals surface area contributed by atoms with Crippen LogP contribution in [0.1, 0.15) is 25.0 Å². The van der Waals surface area contributed by atoms with Crippen molar-refractivity contribution < 1.29 is 18.0 Å². The average molecular weight is 323 g/mol. The Labute approximate surface area is 131 Å². The molecule has 0 fully saturated rings. The largest absolute Gasteiger partial charge is 0.416 e. The molecular weight excluding hydrogens is 307 g/mol. The third-order valence-corrected chi connectivity index (χ3v) is 3.52. The lowest BCUT2D eigenvalue weighted by molar-refractivity contribution is -0.137. The lowest BCUT2D eigenvalue weighted by Crippen LogP contribution is -2.35. The summed E-state index contributed by atoms with van der Waals surface area (Å²) >= 11 is 0. The van der Waals surface area contributed by atoms with E-state index in [1.807, 2.05) is 0 Å². The number of aromatic nitrogens is 1. The van der Waals surface area contributed by atoms with Crippen molar-refractivity contribution in [1.29, 1.82) is 0 Å². The van der Waals surface area contributed by atoms with Gasteiger partial charge in [0.05, 0.1) is 22.9 Å². The molecule has 7 heteroatoms. The molecule has 1 heterocycles. The fourth-order valence-electron chi connectivity index (χ4n) is 1.98. The van der Waals surface area contributed by atoms with Gasteiger partial charge in [-0.05, 0) is 37.6 Å². The molecule has 0 saturated carbocycles. The van der Waals surface area contributed by atoms with E-state index in [0.717, 1.165) is 12.1 Å². The normalized spacial score (nSPS) is 12.0. The van der Waals surface area contributed by atoms with Crippen molar-refractivity contribution in [2.45, 2.75) is 25.4 Å². The highest BCUT2D eigenvalue weighted by atomic mass is 19.4. The monoisotopic (exact) mass is 323 g/mol. The quantitative estimate of drug-likeness (QED) is 0.907. The Morgan fingerprint density at radius 3 is 2.35 bits per heavy atom. The first-order chi connectivity index (χ1) is 10.6. The number of carbonyl (C=O) groups is 1. The van der Waals surface area contributed by atoms with Crippen LogP contribution in [0.2, 0.25) is 0 Å². The number of alkyl halides is 3. The fourth-order valence-corrected chi connectivity index (χ4v) is 1.98. The second-order valence-corrected chi connectivity index (χ2v) is 5.63. The highest BCUT2D eigenvalue weighted by Gasteiger charge is 2.34. The van der Waals surface area contributed by atoms with Crippen LogP contribution in [0.25, 0.3) is 0 Å². The zero-order chi connectivity index (χ0) is 17.3. The van der Waals surface area contributed by atoms with Gasteiger partial charge in [-0.15, -0.1) is 0 Å². The van der Waals surface area contributed by atoms with Gasteiger partial charge < -0.3 is 11.1 Å². The molecule has 0 aliphatic carbocycles. The summed E-state index contributed by atoms with van der Waals surface area (Å²) in [6.07, 6.45) is -3.07. The Kier molecular flexibility index (Phi) is 4.31. The number of hydrogen-bond acceptors (Lipinski definition) is 3. The Morgan fingerprint density at radius 2 is 1.78 bits per heavy atom. The number of amides is 1. The lowest BCUT2D eigenvalue weighted by atomic mass is 9.83. The highest BCUT2D eigenvalue weighted by molar-refractivity contribution is 5.98. The predicted octanol–water partition coefficient (Wildman–Crippen LogP) is 3.60. The van der Waals surface area contributed by atoms with Gasteiger partial charge >= 0.3 is 6.18 Å². The Balaban J connectivity index is 2.26. The fraction of sp³-hybridized carbons (Fsp3) is 0.250. The lowest BCUT2D eigenvalue weighted by Gasteiger charge is -2.25. The summed E-state index contributed by atoms with van der Waals surface area (Å²) in [6.45, 7) is 3.12. The van der Waals surface area contributed by atoms with Crippen molar-refractivity contribution >= 4 is 17.4 Å². The topological polar surface area (TPSA) is 68.0 Å². The van der Waals surface area contributed by atoms with E-state index in [9.17, 15) is 18.0 Å². The first-order valence-corrected chi connectivity index (χ1v) is 6.81. The van der Waals surface area contributed by atoms with Crippen LogP contribution < -0.4 is 11.1 Å². The average Bonchev–Trinajstić information content (AvgIpc) is 2.49. The minimum absolute atomic E-state index is 0.272. The molecular formula is C16H16F3N3O. The Bertz CT molecular complexity index is 709. The van der Waals surface area contributed by atoms with Gasteiger partial charge in [-0.2, -0.15) is 13.2 Å². The second-order valence-electron chi connectivity index (χ2n) is 5.63. The summed E-state index contributed by atoms with van der Waals surface area (Å²) in [5, 5.41) is 2.63. The molecule has 23 heavy (non-hydrogen) atoms. The number of pyridine rings is 1. The molecule has 0 radical (unpaired) electrons. The van der Waals surface area contributed by atoms with Gasteiger partial charge in [0.15, 0.2) is 0 Å². The third-order valence-electron chi connectivity index (χ3n) is 3.52. The zero-order valence-corrected chi connectivity index (χ0v) is 12.6. The number of hydrogen-bond donors (Lipinski definition) is 2. The van der Waals surface area contributed by atoms with E-state index in [0.29, 0.717) is 11.5 Å². The van der Waals surface area contributed by atoms with Crippen molar-refractivity contribution in [2.24, 2.45) is 0 Å². The molecule has 0 bridgehead atoms. The first-order valence-electron chi connectivity index (χ1n) is 6.81. The van der Waals surface area contributed by atoms with E-state index in [1.54, 1.807) is 19.9 Å². The second kappa shape index (κ2) is 5.91. The molecule has 0 aliphatic heterocycles. The van der Waals surface area contributed by atoms with E-state index in [1.165, 1.54) is 24.4 Å². The van der Waals surface area contributed by atoms with Crippen LogP contribution in [-0.4, -0.2) is 10.9 Å². The number of rotatable bonds is 3. The van der Waals surface area contributed by atoms with Crippen LogP contribution in [0.3, 0.4) is 0 Å². The van der Waals surface area contributed by atoms with Crippen LogP contribution in [-0.2, 0) is 16.4 Å². The molecule has 0 saturated heterocycles.